The molecule has 2 aliphatic heterocycles. The normalized spacial score (nSPS) is 20.6. The minimum atomic E-state index is -4.68. The van der Waals surface area contributed by atoms with E-state index in [9.17, 15) is 44.4 Å². The number of alkyl halides is 6. The summed E-state index contributed by atoms with van der Waals surface area (Å²) in [6, 6.07) is 5.46. The van der Waals surface area contributed by atoms with Gasteiger partial charge >= 0.3 is 12.4 Å². The second kappa shape index (κ2) is 12.4. The number of allylic oxidation sites excluding steroid dienone is 2. The molecule has 0 bridgehead atoms. The SMILES string of the molecule is CCN1c2cc(Cl)c(C(F)(F)F)cc2[NH+](CCO)C1C=CC=C1N(C)c2ccc(C(F)(F)F)cc2N1CCC(C)S(=O)(=O)O. The molecule has 0 aromatic heterocycles. The van der Waals surface area contributed by atoms with Crippen molar-refractivity contribution in [1.29, 1.82) is 0 Å². The van der Waals surface area contributed by atoms with Crippen LogP contribution in [0.4, 0.5) is 49.1 Å². The van der Waals surface area contributed by atoms with Gasteiger partial charge in [0.25, 0.3) is 10.1 Å². The number of quaternary nitrogens is 1. The highest BCUT2D eigenvalue weighted by molar-refractivity contribution is 7.86. The first-order valence-corrected chi connectivity index (χ1v) is 15.5. The predicted molar refractivity (Wildman–Crippen MR) is 156 cm³/mol. The second-order valence-corrected chi connectivity index (χ2v) is 12.8. The number of hydrogen-bond acceptors (Lipinski definition) is 6. The van der Waals surface area contributed by atoms with Crippen molar-refractivity contribution < 1.29 is 49.3 Å². The molecule has 2 aliphatic rings. The summed E-state index contributed by atoms with van der Waals surface area (Å²) < 4.78 is 114. The molecule has 2 aromatic rings. The number of aliphatic hydroxyl groups is 1. The monoisotopic (exact) mass is 669 g/mol. The number of likely N-dealkylation sites (N-methyl/N-ethyl adjacent to an activating group) is 1. The van der Waals surface area contributed by atoms with Gasteiger partial charge in [-0.05, 0) is 56.7 Å². The van der Waals surface area contributed by atoms with Crippen molar-refractivity contribution in [2.45, 2.75) is 44.0 Å². The van der Waals surface area contributed by atoms with Crippen molar-refractivity contribution >= 4 is 44.5 Å². The van der Waals surface area contributed by atoms with E-state index in [1.807, 2.05) is 11.8 Å². The Bertz CT molecular complexity index is 1560. The Kier molecular flexibility index (Phi) is 9.58. The van der Waals surface area contributed by atoms with Gasteiger partial charge in [-0.3, -0.25) is 9.45 Å². The molecule has 0 saturated heterocycles. The van der Waals surface area contributed by atoms with Gasteiger partial charge in [-0.1, -0.05) is 17.7 Å². The van der Waals surface area contributed by atoms with Gasteiger partial charge in [-0.2, -0.15) is 34.8 Å². The zero-order valence-corrected chi connectivity index (χ0v) is 25.5. The number of halogens is 7. The van der Waals surface area contributed by atoms with E-state index in [4.69, 9.17) is 11.6 Å². The third-order valence-electron chi connectivity index (χ3n) is 7.84. The number of fused-ring (bicyclic) bond motifs is 2. The van der Waals surface area contributed by atoms with Crippen LogP contribution in [0.1, 0.15) is 31.4 Å². The number of hydrogen-bond donors (Lipinski definition) is 3. The molecule has 0 aliphatic carbocycles. The zero-order chi connectivity index (χ0) is 32.8. The van der Waals surface area contributed by atoms with E-state index in [2.05, 4.69) is 0 Å². The van der Waals surface area contributed by atoms with Crippen LogP contribution in [0.15, 0.2) is 54.4 Å². The predicted octanol–water partition coefficient (Wildman–Crippen LogP) is 5.07. The standard InChI is InChI=1S/C28H31ClF6N4O4S/c1-4-37-24-16-20(29)19(28(33,34)35)15-23(24)39(12-13-40)26(37)7-5-6-25-36(3)21-9-8-18(27(30,31)32)14-22(21)38(25)11-10-17(2)44(41,42)43/h5-9,14-17,26,40H,4,10-13H2,1-3H3,(H,41,42,43)/p+1. The highest BCUT2D eigenvalue weighted by Crippen LogP contribution is 2.45. The first kappa shape index (κ1) is 33.9. The van der Waals surface area contributed by atoms with Gasteiger partial charge in [0.05, 0.1) is 39.4 Å². The van der Waals surface area contributed by atoms with E-state index in [-0.39, 0.29) is 31.8 Å². The van der Waals surface area contributed by atoms with Crippen molar-refractivity contribution in [2.24, 2.45) is 0 Å². The highest BCUT2D eigenvalue weighted by atomic mass is 35.5. The van der Waals surface area contributed by atoms with Crippen LogP contribution in [0, 0.1) is 0 Å². The van der Waals surface area contributed by atoms with E-state index in [0.29, 0.717) is 34.3 Å². The number of benzene rings is 2. The zero-order valence-electron chi connectivity index (χ0n) is 23.9. The summed E-state index contributed by atoms with van der Waals surface area (Å²) in [4.78, 5) is 5.52. The first-order valence-electron chi connectivity index (χ1n) is 13.6. The molecule has 0 spiro atoms. The Hall–Kier alpha value is -2.98. The van der Waals surface area contributed by atoms with Crippen molar-refractivity contribution in [3.8, 4) is 0 Å². The Labute approximate surface area is 256 Å². The molecule has 3 unspecified atom stereocenters. The van der Waals surface area contributed by atoms with Gasteiger partial charge in [-0.25, -0.2) is 0 Å². The molecule has 3 atom stereocenters. The summed E-state index contributed by atoms with van der Waals surface area (Å²) in [5, 5.41) is 8.11. The minimum Gasteiger partial charge on any atom is -0.390 e. The Balaban J connectivity index is 1.73. The summed E-state index contributed by atoms with van der Waals surface area (Å²) >= 11 is 6.01. The van der Waals surface area contributed by atoms with Crippen molar-refractivity contribution in [3.05, 3.63) is 70.5 Å². The molecule has 2 aromatic carbocycles. The van der Waals surface area contributed by atoms with Gasteiger partial charge in [0.15, 0.2) is 11.9 Å². The summed E-state index contributed by atoms with van der Waals surface area (Å²) in [7, 11) is -2.76. The molecule has 0 saturated carbocycles. The van der Waals surface area contributed by atoms with Crippen molar-refractivity contribution in [1.82, 2.24) is 0 Å². The quantitative estimate of drug-likeness (QED) is 0.254. The van der Waals surface area contributed by atoms with Gasteiger partial charge < -0.3 is 19.8 Å². The molecule has 0 amide bonds. The van der Waals surface area contributed by atoms with E-state index >= 15 is 0 Å². The molecule has 44 heavy (non-hydrogen) atoms. The van der Waals surface area contributed by atoms with E-state index < -0.39 is 50.0 Å². The maximum atomic E-state index is 13.6. The molecule has 0 radical (unpaired) electrons. The molecule has 242 valence electrons. The smallest absolute Gasteiger partial charge is 0.390 e. The first-order chi connectivity index (χ1) is 20.4. The maximum absolute atomic E-state index is 13.6. The van der Waals surface area contributed by atoms with Crippen LogP contribution >= 0.6 is 11.6 Å². The van der Waals surface area contributed by atoms with Crippen molar-refractivity contribution in [2.75, 3.05) is 48.0 Å². The molecule has 3 N–H and O–H groups in total. The molecule has 4 rings (SSSR count). The lowest BCUT2D eigenvalue weighted by molar-refractivity contribution is -0.846. The highest BCUT2D eigenvalue weighted by Gasteiger charge is 2.43. The molecule has 8 nitrogen and oxygen atoms in total. The summed E-state index contributed by atoms with van der Waals surface area (Å²) in [5.74, 6) is 0.405. The van der Waals surface area contributed by atoms with Crippen LogP contribution in [0.25, 0.3) is 0 Å². The summed E-state index contributed by atoms with van der Waals surface area (Å²) in [5.41, 5.74) is -0.475. The van der Waals surface area contributed by atoms with E-state index in [1.54, 1.807) is 30.2 Å². The fraction of sp³-hybridized carbons (Fsp3) is 0.429. The maximum Gasteiger partial charge on any atom is 0.418 e. The molecule has 16 heteroatoms. The molecular weight excluding hydrogens is 638 g/mol. The van der Waals surface area contributed by atoms with Crippen LogP contribution < -0.4 is 19.6 Å². The topological polar surface area (TPSA) is 88.8 Å². The fourth-order valence-electron chi connectivity index (χ4n) is 5.53. The fourth-order valence-corrected chi connectivity index (χ4v) is 6.20. The van der Waals surface area contributed by atoms with Gasteiger partial charge in [0, 0.05) is 26.2 Å². The van der Waals surface area contributed by atoms with Crippen molar-refractivity contribution in [3.63, 3.8) is 0 Å². The lowest BCUT2D eigenvalue weighted by atomic mass is 10.1. The van der Waals surface area contributed by atoms with Crippen LogP contribution in [-0.4, -0.2) is 62.8 Å². The van der Waals surface area contributed by atoms with Gasteiger partial charge in [0.2, 0.25) is 0 Å². The second-order valence-electron chi connectivity index (χ2n) is 10.5. The average Bonchev–Trinajstić information content (AvgIpc) is 3.35. The summed E-state index contributed by atoms with van der Waals surface area (Å²) in [6.45, 7) is 3.21. The van der Waals surface area contributed by atoms with E-state index in [1.165, 1.54) is 24.0 Å². The number of nitrogens with one attached hydrogen (secondary N) is 1. The van der Waals surface area contributed by atoms with E-state index in [0.717, 1.165) is 18.2 Å². The number of rotatable bonds is 9. The van der Waals surface area contributed by atoms with Crippen LogP contribution in [-0.2, 0) is 22.5 Å². The van der Waals surface area contributed by atoms with Gasteiger partial charge in [0.1, 0.15) is 18.1 Å². The Morgan fingerprint density at radius 1 is 1.07 bits per heavy atom. The number of anilines is 3. The van der Waals surface area contributed by atoms with Crippen LogP contribution in [0.3, 0.4) is 0 Å². The lowest BCUT2D eigenvalue weighted by Gasteiger charge is -2.25. The molecule has 2 heterocycles. The van der Waals surface area contributed by atoms with Crippen LogP contribution in [0.5, 0.6) is 0 Å². The lowest BCUT2D eigenvalue weighted by Crippen LogP contribution is -3.11. The third-order valence-corrected chi connectivity index (χ3v) is 9.41. The Morgan fingerprint density at radius 2 is 1.75 bits per heavy atom. The minimum absolute atomic E-state index is 0.0458. The Morgan fingerprint density at radius 3 is 2.32 bits per heavy atom. The summed E-state index contributed by atoms with van der Waals surface area (Å²) in [6.07, 6.45) is -5.03. The molecule has 0 fully saturated rings. The largest absolute Gasteiger partial charge is 0.418 e. The van der Waals surface area contributed by atoms with Crippen LogP contribution in [0.2, 0.25) is 5.02 Å². The third kappa shape index (κ3) is 6.66. The van der Waals surface area contributed by atoms with Gasteiger partial charge in [-0.15, -0.1) is 0 Å². The average molecular weight is 670 g/mol. The number of aliphatic hydroxyl groups excluding tert-OH is 1. The number of nitrogens with zero attached hydrogens (tertiary/aromatic N) is 3. The molecular formula is C28H32ClF6N4O4S+.